The minimum absolute atomic E-state index is 0.0442. The van der Waals surface area contributed by atoms with E-state index in [4.69, 9.17) is 14.4 Å². The molecule has 0 bridgehead atoms. The van der Waals surface area contributed by atoms with Crippen LogP contribution >= 0.6 is 0 Å². The van der Waals surface area contributed by atoms with Crippen molar-refractivity contribution >= 4 is 35.0 Å². The number of aromatic hydroxyl groups is 1. The van der Waals surface area contributed by atoms with Gasteiger partial charge in [-0.15, -0.1) is 0 Å². The average molecular weight is 562 g/mol. The molecule has 2 amide bonds. The second kappa shape index (κ2) is 11.7. The number of carboxylic acid groups (broad SMARTS) is 1. The molecule has 2 aromatic carbocycles. The van der Waals surface area contributed by atoms with E-state index in [1.54, 1.807) is 18.2 Å². The number of carbonyl (C=O) groups excluding carboxylic acids is 2. The number of alkyl halides is 3. The fraction of sp³-hybridized carbons (Fsp3) is 0.308. The molecular weight excluding hydrogens is 535 g/mol. The minimum atomic E-state index is -5.08. The molecule has 0 atom stereocenters. The molecule has 0 saturated carbocycles. The number of benzene rings is 2. The SMILES string of the molecule is CC(=O)N1C(=O)CCNc2ccc(-c3cccc(-c4cc(N5CCNCC5)no4)c3O)cc21.O=C(O)C(F)(F)F. The molecule has 1 aromatic heterocycles. The van der Waals surface area contributed by atoms with Crippen LogP contribution in [0.5, 0.6) is 5.75 Å². The number of carbonyl (C=O) groups is 3. The van der Waals surface area contributed by atoms with E-state index in [9.17, 15) is 27.9 Å². The van der Waals surface area contributed by atoms with Gasteiger partial charge < -0.3 is 30.3 Å². The van der Waals surface area contributed by atoms with Crippen LogP contribution in [0.3, 0.4) is 0 Å². The molecular formula is C26H26F3N5O6. The highest BCUT2D eigenvalue weighted by Gasteiger charge is 2.38. The number of para-hydroxylation sites is 1. The number of carboxylic acids is 1. The molecule has 4 N–H and O–H groups in total. The zero-order valence-electron chi connectivity index (χ0n) is 21.3. The van der Waals surface area contributed by atoms with Crippen LogP contribution in [0.15, 0.2) is 47.0 Å². The van der Waals surface area contributed by atoms with Crippen molar-refractivity contribution in [2.24, 2.45) is 0 Å². The van der Waals surface area contributed by atoms with Crippen molar-refractivity contribution in [1.29, 1.82) is 0 Å². The Labute approximate surface area is 226 Å². The molecule has 40 heavy (non-hydrogen) atoms. The second-order valence-electron chi connectivity index (χ2n) is 8.95. The van der Waals surface area contributed by atoms with E-state index in [2.05, 4.69) is 20.7 Å². The lowest BCUT2D eigenvalue weighted by molar-refractivity contribution is -0.192. The van der Waals surface area contributed by atoms with E-state index >= 15 is 0 Å². The van der Waals surface area contributed by atoms with E-state index in [1.165, 1.54) is 11.8 Å². The lowest BCUT2D eigenvalue weighted by Crippen LogP contribution is -2.43. The van der Waals surface area contributed by atoms with Gasteiger partial charge in [-0.1, -0.05) is 23.4 Å². The lowest BCUT2D eigenvalue weighted by atomic mass is 9.99. The molecule has 0 aliphatic carbocycles. The van der Waals surface area contributed by atoms with Gasteiger partial charge in [-0.2, -0.15) is 13.2 Å². The van der Waals surface area contributed by atoms with Gasteiger partial charge in [0.05, 0.1) is 16.9 Å². The molecule has 14 heteroatoms. The third-order valence-corrected chi connectivity index (χ3v) is 6.25. The van der Waals surface area contributed by atoms with Crippen molar-refractivity contribution in [3.05, 3.63) is 42.5 Å². The Balaban J connectivity index is 0.000000470. The molecule has 1 fully saturated rings. The second-order valence-corrected chi connectivity index (χ2v) is 8.95. The predicted octanol–water partition coefficient (Wildman–Crippen LogP) is 3.45. The normalized spacial score (nSPS) is 15.3. The van der Waals surface area contributed by atoms with E-state index in [1.807, 2.05) is 24.3 Å². The summed E-state index contributed by atoms with van der Waals surface area (Å²) in [7, 11) is 0. The molecule has 0 spiro atoms. The Hall–Kier alpha value is -4.59. The first-order valence-corrected chi connectivity index (χ1v) is 12.2. The van der Waals surface area contributed by atoms with Crippen LogP contribution < -0.4 is 20.4 Å². The Morgan fingerprint density at radius 1 is 1.05 bits per heavy atom. The van der Waals surface area contributed by atoms with Gasteiger partial charge in [0, 0.05) is 57.7 Å². The number of hydrogen-bond acceptors (Lipinski definition) is 9. The molecule has 3 heterocycles. The Morgan fingerprint density at radius 2 is 1.73 bits per heavy atom. The van der Waals surface area contributed by atoms with Crippen LogP contribution in [0.25, 0.3) is 22.5 Å². The van der Waals surface area contributed by atoms with E-state index in [-0.39, 0.29) is 24.0 Å². The Bertz CT molecular complexity index is 1420. The summed E-state index contributed by atoms with van der Waals surface area (Å²) in [6.07, 6.45) is -4.86. The molecule has 0 unspecified atom stereocenters. The molecule has 5 rings (SSSR count). The largest absolute Gasteiger partial charge is 0.507 e. The highest BCUT2D eigenvalue weighted by atomic mass is 19.4. The van der Waals surface area contributed by atoms with Crippen molar-refractivity contribution in [3.8, 4) is 28.2 Å². The summed E-state index contributed by atoms with van der Waals surface area (Å²) < 4.78 is 37.3. The van der Waals surface area contributed by atoms with Gasteiger partial charge in [0.15, 0.2) is 11.6 Å². The first-order chi connectivity index (χ1) is 19.0. The number of piperazine rings is 1. The molecule has 212 valence electrons. The van der Waals surface area contributed by atoms with Gasteiger partial charge in [-0.3, -0.25) is 9.59 Å². The van der Waals surface area contributed by atoms with E-state index < -0.39 is 12.1 Å². The maximum atomic E-state index is 12.5. The zero-order chi connectivity index (χ0) is 29.0. The summed E-state index contributed by atoms with van der Waals surface area (Å²) in [5.74, 6) is -2.11. The number of rotatable bonds is 3. The Morgan fingerprint density at radius 3 is 2.38 bits per heavy atom. The molecule has 2 aliphatic rings. The maximum Gasteiger partial charge on any atom is 0.490 e. The fourth-order valence-corrected chi connectivity index (χ4v) is 4.34. The number of phenols is 1. The fourth-order valence-electron chi connectivity index (χ4n) is 4.34. The summed E-state index contributed by atoms with van der Waals surface area (Å²) >= 11 is 0. The first kappa shape index (κ1) is 28.4. The third kappa shape index (κ3) is 6.17. The first-order valence-electron chi connectivity index (χ1n) is 12.2. The van der Waals surface area contributed by atoms with Crippen molar-refractivity contribution < 1.29 is 42.3 Å². The Kier molecular flexibility index (Phi) is 8.28. The van der Waals surface area contributed by atoms with Crippen molar-refractivity contribution in [3.63, 3.8) is 0 Å². The van der Waals surface area contributed by atoms with Gasteiger partial charge in [0.2, 0.25) is 11.8 Å². The smallest absolute Gasteiger partial charge is 0.490 e. The number of fused-ring (bicyclic) bond motifs is 1. The molecule has 0 radical (unpaired) electrons. The maximum absolute atomic E-state index is 12.5. The number of nitrogens with zero attached hydrogens (tertiary/aromatic N) is 3. The summed E-state index contributed by atoms with van der Waals surface area (Å²) in [4.78, 5) is 36.9. The number of halogens is 3. The zero-order valence-corrected chi connectivity index (χ0v) is 21.3. The van der Waals surface area contributed by atoms with Crippen LogP contribution in [-0.2, 0) is 14.4 Å². The number of hydrogen-bond donors (Lipinski definition) is 4. The highest BCUT2D eigenvalue weighted by Crippen LogP contribution is 2.41. The minimum Gasteiger partial charge on any atom is -0.507 e. The summed E-state index contributed by atoms with van der Waals surface area (Å²) in [6.45, 7) is 5.28. The number of nitrogens with one attached hydrogen (secondary N) is 2. The quantitative estimate of drug-likeness (QED) is 0.375. The van der Waals surface area contributed by atoms with Gasteiger partial charge in [-0.25, -0.2) is 9.69 Å². The summed E-state index contributed by atoms with van der Waals surface area (Å²) in [5, 5.41) is 28.9. The molecule has 11 nitrogen and oxygen atoms in total. The number of phenolic OH excluding ortho intramolecular Hbond substituents is 1. The van der Waals surface area contributed by atoms with Crippen molar-refractivity contribution in [1.82, 2.24) is 10.5 Å². The van der Waals surface area contributed by atoms with Gasteiger partial charge in [0.25, 0.3) is 0 Å². The number of amides is 2. The van der Waals surface area contributed by atoms with Gasteiger partial charge in [-0.05, 0) is 23.8 Å². The molecule has 2 aliphatic heterocycles. The number of aliphatic carboxylic acids is 1. The van der Waals surface area contributed by atoms with E-state index in [0.717, 1.165) is 32.0 Å². The number of aromatic nitrogens is 1. The monoisotopic (exact) mass is 561 g/mol. The number of anilines is 3. The average Bonchev–Trinajstić information content (AvgIpc) is 3.33. The van der Waals surface area contributed by atoms with E-state index in [0.29, 0.717) is 40.4 Å². The van der Waals surface area contributed by atoms with Crippen molar-refractivity contribution in [2.45, 2.75) is 19.5 Å². The standard InChI is InChI=1S/C24H25N5O4.C2HF3O2/c1-15(30)29-20-13-16(5-6-19(20)26-8-7-23(29)31)17-3-2-4-18(24(17)32)21-14-22(27-33-21)28-11-9-25-10-12-28;3-2(4,5)1(6)7/h2-6,13-14,25-26,32H,7-12H2,1H3;(H,6,7). The van der Waals surface area contributed by atoms with Crippen molar-refractivity contribution in [2.75, 3.05) is 47.8 Å². The van der Waals surface area contributed by atoms with Crippen LogP contribution in [0, 0.1) is 0 Å². The van der Waals surface area contributed by atoms with Crippen LogP contribution in [-0.4, -0.2) is 72.1 Å². The van der Waals surface area contributed by atoms with Crippen LogP contribution in [0.4, 0.5) is 30.4 Å². The summed E-state index contributed by atoms with van der Waals surface area (Å²) in [6, 6.07) is 12.7. The lowest BCUT2D eigenvalue weighted by Gasteiger charge is -2.26. The summed E-state index contributed by atoms with van der Waals surface area (Å²) in [5.41, 5.74) is 2.95. The topological polar surface area (TPSA) is 148 Å². The predicted molar refractivity (Wildman–Crippen MR) is 139 cm³/mol. The van der Waals surface area contributed by atoms with Gasteiger partial charge in [0.1, 0.15) is 5.75 Å². The van der Waals surface area contributed by atoms with Crippen LogP contribution in [0.2, 0.25) is 0 Å². The third-order valence-electron chi connectivity index (χ3n) is 6.25. The van der Waals surface area contributed by atoms with Gasteiger partial charge >= 0.3 is 12.1 Å². The molecule has 1 saturated heterocycles. The number of imide groups is 1. The highest BCUT2D eigenvalue weighted by molar-refractivity contribution is 6.17. The van der Waals surface area contributed by atoms with Crippen LogP contribution in [0.1, 0.15) is 13.3 Å². The molecule has 3 aromatic rings.